The van der Waals surface area contributed by atoms with Gasteiger partial charge < -0.3 is 18.9 Å². The number of ether oxygens (including phenoxy) is 4. The van der Waals surface area contributed by atoms with E-state index < -0.39 is 0 Å². The highest BCUT2D eigenvalue weighted by atomic mass is 16.7. The monoisotopic (exact) mass is 276 g/mol. The summed E-state index contributed by atoms with van der Waals surface area (Å²) in [4.78, 5) is 0. The van der Waals surface area contributed by atoms with Crippen molar-refractivity contribution in [1.29, 1.82) is 0 Å². The lowest BCUT2D eigenvalue weighted by atomic mass is 9.98. The van der Waals surface area contributed by atoms with Crippen molar-refractivity contribution in [3.8, 4) is 0 Å². The van der Waals surface area contributed by atoms with Crippen molar-refractivity contribution < 1.29 is 18.9 Å². The summed E-state index contributed by atoms with van der Waals surface area (Å²) in [6.07, 6.45) is 2.52. The molecule has 0 unspecified atom stereocenters. The molecule has 3 fully saturated rings. The molecule has 0 saturated carbocycles. The Morgan fingerprint density at radius 1 is 1.00 bits per heavy atom. The molecular formula is C16H20O4. The lowest BCUT2D eigenvalue weighted by molar-refractivity contribution is -0.282. The first-order valence-electron chi connectivity index (χ1n) is 7.49. The van der Waals surface area contributed by atoms with Crippen molar-refractivity contribution in [2.75, 3.05) is 6.61 Å². The van der Waals surface area contributed by atoms with Crippen LogP contribution in [0.15, 0.2) is 30.3 Å². The van der Waals surface area contributed by atoms with E-state index in [1.54, 1.807) is 0 Å². The molecule has 0 spiro atoms. The second-order valence-electron chi connectivity index (χ2n) is 5.74. The van der Waals surface area contributed by atoms with Crippen molar-refractivity contribution >= 4 is 0 Å². The minimum absolute atomic E-state index is 0.00654. The Bertz CT molecular complexity index is 463. The molecule has 3 saturated heterocycles. The maximum absolute atomic E-state index is 6.09. The van der Waals surface area contributed by atoms with Crippen LogP contribution >= 0.6 is 0 Å². The first-order valence-corrected chi connectivity index (χ1v) is 7.49. The summed E-state index contributed by atoms with van der Waals surface area (Å²) in [6.45, 7) is 2.75. The van der Waals surface area contributed by atoms with Gasteiger partial charge >= 0.3 is 0 Å². The Morgan fingerprint density at radius 3 is 2.65 bits per heavy atom. The van der Waals surface area contributed by atoms with Crippen LogP contribution in [-0.4, -0.2) is 37.1 Å². The molecule has 0 aliphatic carbocycles. The first kappa shape index (κ1) is 12.8. The van der Waals surface area contributed by atoms with E-state index in [0.717, 1.165) is 18.4 Å². The molecule has 1 aromatic carbocycles. The maximum atomic E-state index is 6.09. The summed E-state index contributed by atoms with van der Waals surface area (Å²) >= 11 is 0. The van der Waals surface area contributed by atoms with Crippen LogP contribution in [0, 0.1) is 0 Å². The van der Waals surface area contributed by atoms with Gasteiger partial charge in [-0.1, -0.05) is 43.7 Å². The predicted molar refractivity (Wildman–Crippen MR) is 72.2 cm³/mol. The molecule has 3 aliphatic rings. The standard InChI is InChI=1S/C16H20O4/c1-2-6-11-13-15(19-13)14-12(18-11)9-17-16(20-14)10-7-4-3-5-8-10/h3-5,7-8,11-16H,2,6,9H2,1H3/t11-,12-,13+,14-,15+,16-/m1/s1. The maximum Gasteiger partial charge on any atom is 0.184 e. The predicted octanol–water partition coefficient (Wildman–Crippen LogP) is 2.44. The summed E-state index contributed by atoms with van der Waals surface area (Å²) in [5, 5.41) is 0. The zero-order valence-electron chi connectivity index (χ0n) is 11.6. The van der Waals surface area contributed by atoms with Gasteiger partial charge in [-0.25, -0.2) is 0 Å². The SMILES string of the molecule is CCC[C@H]1O[C@@H]2CO[C@@H](c3ccccc3)O[C@H]2[C@H]2O[C@H]21. The number of epoxide rings is 1. The second-order valence-corrected chi connectivity index (χ2v) is 5.74. The number of rotatable bonds is 3. The Morgan fingerprint density at radius 2 is 1.85 bits per heavy atom. The fourth-order valence-corrected chi connectivity index (χ4v) is 3.26. The highest BCUT2D eigenvalue weighted by molar-refractivity contribution is 5.17. The van der Waals surface area contributed by atoms with Crippen molar-refractivity contribution in [2.24, 2.45) is 0 Å². The average molecular weight is 276 g/mol. The summed E-state index contributed by atoms with van der Waals surface area (Å²) < 4.78 is 23.8. The summed E-state index contributed by atoms with van der Waals surface area (Å²) in [7, 11) is 0. The van der Waals surface area contributed by atoms with Crippen molar-refractivity contribution in [3.05, 3.63) is 35.9 Å². The zero-order valence-corrected chi connectivity index (χ0v) is 11.6. The molecule has 20 heavy (non-hydrogen) atoms. The third-order valence-corrected chi connectivity index (χ3v) is 4.31. The topological polar surface area (TPSA) is 40.2 Å². The normalized spacial score (nSPS) is 42.6. The number of hydrogen-bond acceptors (Lipinski definition) is 4. The molecule has 1 aromatic rings. The Kier molecular flexibility index (Phi) is 3.27. The molecule has 4 heteroatoms. The van der Waals surface area contributed by atoms with E-state index in [4.69, 9.17) is 18.9 Å². The van der Waals surface area contributed by atoms with Gasteiger partial charge in [0.05, 0.1) is 12.7 Å². The minimum Gasteiger partial charge on any atom is -0.367 e. The van der Waals surface area contributed by atoms with Crippen LogP contribution in [0.2, 0.25) is 0 Å². The molecule has 4 rings (SSSR count). The van der Waals surface area contributed by atoms with Crippen LogP contribution in [0.25, 0.3) is 0 Å². The third kappa shape index (κ3) is 2.17. The summed E-state index contributed by atoms with van der Waals surface area (Å²) in [6, 6.07) is 10.0. The summed E-state index contributed by atoms with van der Waals surface area (Å²) in [5.41, 5.74) is 1.05. The molecule has 0 amide bonds. The smallest absolute Gasteiger partial charge is 0.184 e. The van der Waals surface area contributed by atoms with Crippen molar-refractivity contribution in [3.63, 3.8) is 0 Å². The first-order chi connectivity index (χ1) is 9.86. The van der Waals surface area contributed by atoms with E-state index in [1.807, 2.05) is 30.3 Å². The highest BCUT2D eigenvalue weighted by Gasteiger charge is 2.59. The van der Waals surface area contributed by atoms with E-state index in [2.05, 4.69) is 6.92 Å². The molecule has 6 atom stereocenters. The van der Waals surface area contributed by atoms with E-state index in [1.165, 1.54) is 0 Å². The van der Waals surface area contributed by atoms with Gasteiger partial charge in [-0.2, -0.15) is 0 Å². The van der Waals surface area contributed by atoms with Gasteiger partial charge in [0.15, 0.2) is 6.29 Å². The fraction of sp³-hybridized carbons (Fsp3) is 0.625. The van der Waals surface area contributed by atoms with E-state index >= 15 is 0 Å². The molecule has 4 nitrogen and oxygen atoms in total. The lowest BCUT2D eigenvalue weighted by Gasteiger charge is -2.40. The average Bonchev–Trinajstić information content (AvgIpc) is 3.29. The lowest BCUT2D eigenvalue weighted by Crippen LogP contribution is -2.52. The second kappa shape index (κ2) is 5.11. The molecule has 0 N–H and O–H groups in total. The quantitative estimate of drug-likeness (QED) is 0.795. The zero-order chi connectivity index (χ0) is 13.5. The van der Waals surface area contributed by atoms with Crippen LogP contribution in [-0.2, 0) is 18.9 Å². The number of benzene rings is 1. The van der Waals surface area contributed by atoms with Crippen LogP contribution in [0.1, 0.15) is 31.6 Å². The fourth-order valence-electron chi connectivity index (χ4n) is 3.26. The van der Waals surface area contributed by atoms with Gasteiger partial charge in [0, 0.05) is 5.56 Å². The molecule has 0 bridgehead atoms. The molecule has 3 aliphatic heterocycles. The Hall–Kier alpha value is -0.940. The largest absolute Gasteiger partial charge is 0.367 e. The van der Waals surface area contributed by atoms with Crippen molar-refractivity contribution in [2.45, 2.75) is 56.6 Å². The van der Waals surface area contributed by atoms with Crippen LogP contribution in [0.4, 0.5) is 0 Å². The van der Waals surface area contributed by atoms with Gasteiger partial charge in [0.1, 0.15) is 24.4 Å². The molecule has 3 heterocycles. The van der Waals surface area contributed by atoms with Gasteiger partial charge in [-0.3, -0.25) is 0 Å². The van der Waals surface area contributed by atoms with Crippen LogP contribution in [0.3, 0.4) is 0 Å². The van der Waals surface area contributed by atoms with Crippen molar-refractivity contribution in [1.82, 2.24) is 0 Å². The molecule has 0 aromatic heterocycles. The van der Waals surface area contributed by atoms with E-state index in [-0.39, 0.29) is 36.8 Å². The van der Waals surface area contributed by atoms with Gasteiger partial charge in [0.25, 0.3) is 0 Å². The highest BCUT2D eigenvalue weighted by Crippen LogP contribution is 2.44. The molecule has 0 radical (unpaired) electrons. The van der Waals surface area contributed by atoms with E-state index in [0.29, 0.717) is 6.61 Å². The molecular weight excluding hydrogens is 256 g/mol. The number of hydrogen-bond donors (Lipinski definition) is 0. The van der Waals surface area contributed by atoms with Crippen LogP contribution < -0.4 is 0 Å². The Labute approximate surface area is 119 Å². The van der Waals surface area contributed by atoms with E-state index in [9.17, 15) is 0 Å². The van der Waals surface area contributed by atoms with Gasteiger partial charge in [-0.15, -0.1) is 0 Å². The Balaban J connectivity index is 1.46. The minimum atomic E-state index is -0.298. The van der Waals surface area contributed by atoms with Gasteiger partial charge in [0.2, 0.25) is 0 Å². The summed E-state index contributed by atoms with van der Waals surface area (Å²) in [5.74, 6) is 0. The number of fused-ring (bicyclic) bond motifs is 3. The van der Waals surface area contributed by atoms with Gasteiger partial charge in [-0.05, 0) is 6.42 Å². The molecule has 108 valence electrons. The van der Waals surface area contributed by atoms with Crippen LogP contribution in [0.5, 0.6) is 0 Å². The third-order valence-electron chi connectivity index (χ3n) is 4.31.